The van der Waals surface area contributed by atoms with Crippen LogP contribution in [0, 0.1) is 5.92 Å². The fourth-order valence-electron chi connectivity index (χ4n) is 1.59. The molecule has 0 aliphatic heterocycles. The molecular weight excluding hydrogens is 170 g/mol. The molecule has 1 rings (SSSR count). The lowest BCUT2D eigenvalue weighted by Crippen LogP contribution is -2.43. The topological polar surface area (TPSA) is 61.5 Å². The lowest BCUT2D eigenvalue weighted by molar-refractivity contribution is -0.141. The first-order chi connectivity index (χ1) is 6.17. The van der Waals surface area contributed by atoms with E-state index in [-0.39, 0.29) is 12.0 Å². The molecule has 0 unspecified atom stereocenters. The van der Waals surface area contributed by atoms with E-state index in [1.165, 1.54) is 7.11 Å². The molecule has 1 saturated carbocycles. The van der Waals surface area contributed by atoms with Crippen LogP contribution in [0.3, 0.4) is 0 Å². The van der Waals surface area contributed by atoms with Crippen molar-refractivity contribution in [2.24, 2.45) is 11.7 Å². The van der Waals surface area contributed by atoms with Crippen LogP contribution in [-0.4, -0.2) is 32.3 Å². The summed E-state index contributed by atoms with van der Waals surface area (Å²) in [5.74, 6) is 0.192. The second-order valence-corrected chi connectivity index (χ2v) is 3.53. The van der Waals surface area contributed by atoms with Gasteiger partial charge in [-0.25, -0.2) is 0 Å². The first-order valence-electron chi connectivity index (χ1n) is 4.52. The number of esters is 1. The zero-order valence-corrected chi connectivity index (χ0v) is 8.16. The number of hydrogen-bond acceptors (Lipinski definition) is 4. The Balaban J connectivity index is 2.19. The van der Waals surface area contributed by atoms with E-state index in [0.717, 1.165) is 12.8 Å². The van der Waals surface area contributed by atoms with Crippen LogP contribution in [0.4, 0.5) is 0 Å². The molecule has 0 saturated heterocycles. The van der Waals surface area contributed by atoms with Crippen molar-refractivity contribution >= 4 is 5.97 Å². The van der Waals surface area contributed by atoms with Crippen molar-refractivity contribution in [3.8, 4) is 0 Å². The fraction of sp³-hybridized carbons (Fsp3) is 0.889. The molecule has 0 aromatic heterocycles. The predicted molar refractivity (Wildman–Crippen MR) is 48.1 cm³/mol. The minimum atomic E-state index is -0.228. The highest BCUT2D eigenvalue weighted by molar-refractivity contribution is 5.69. The van der Waals surface area contributed by atoms with E-state index in [9.17, 15) is 4.79 Å². The Bertz CT molecular complexity index is 178. The first-order valence-corrected chi connectivity index (χ1v) is 4.52. The van der Waals surface area contributed by atoms with E-state index in [2.05, 4.69) is 4.74 Å². The second-order valence-electron chi connectivity index (χ2n) is 3.53. The van der Waals surface area contributed by atoms with Crippen molar-refractivity contribution in [3.05, 3.63) is 0 Å². The van der Waals surface area contributed by atoms with E-state index in [4.69, 9.17) is 10.5 Å². The van der Waals surface area contributed by atoms with Crippen LogP contribution in [0.25, 0.3) is 0 Å². The molecule has 2 N–H and O–H groups in total. The van der Waals surface area contributed by atoms with Crippen molar-refractivity contribution in [3.63, 3.8) is 0 Å². The zero-order chi connectivity index (χ0) is 9.84. The van der Waals surface area contributed by atoms with E-state index in [0.29, 0.717) is 18.4 Å². The molecule has 0 bridgehead atoms. The maximum Gasteiger partial charge on any atom is 0.307 e. The Labute approximate surface area is 78.4 Å². The number of nitrogens with two attached hydrogens (primary N) is 1. The average molecular weight is 187 g/mol. The molecule has 13 heavy (non-hydrogen) atoms. The summed E-state index contributed by atoms with van der Waals surface area (Å²) in [5, 5.41) is 0. The van der Waals surface area contributed by atoms with E-state index in [1.807, 2.05) is 0 Å². The molecule has 4 heteroatoms. The second kappa shape index (κ2) is 4.58. The van der Waals surface area contributed by atoms with E-state index < -0.39 is 0 Å². The summed E-state index contributed by atoms with van der Waals surface area (Å²) in [4.78, 5) is 10.9. The Morgan fingerprint density at radius 1 is 1.54 bits per heavy atom. The van der Waals surface area contributed by atoms with Crippen molar-refractivity contribution in [1.29, 1.82) is 0 Å². The largest absolute Gasteiger partial charge is 0.469 e. The molecule has 0 aromatic carbocycles. The van der Waals surface area contributed by atoms with Crippen LogP contribution in [0.5, 0.6) is 0 Å². The fourth-order valence-corrected chi connectivity index (χ4v) is 1.59. The van der Waals surface area contributed by atoms with Crippen LogP contribution in [0.1, 0.15) is 19.3 Å². The number of carbonyl (C=O) groups is 1. The number of ether oxygens (including phenoxy) is 2. The van der Waals surface area contributed by atoms with Gasteiger partial charge in [-0.2, -0.15) is 0 Å². The monoisotopic (exact) mass is 187 g/mol. The van der Waals surface area contributed by atoms with Gasteiger partial charge in [0.05, 0.1) is 19.6 Å². The maximum absolute atomic E-state index is 10.9. The lowest BCUT2D eigenvalue weighted by Gasteiger charge is -2.37. The first kappa shape index (κ1) is 10.5. The highest BCUT2D eigenvalue weighted by atomic mass is 16.5. The van der Waals surface area contributed by atoms with Crippen LogP contribution >= 0.6 is 0 Å². The smallest absolute Gasteiger partial charge is 0.307 e. The summed E-state index contributed by atoms with van der Waals surface area (Å²) in [6.45, 7) is 0. The van der Waals surface area contributed by atoms with Crippen molar-refractivity contribution in [2.75, 3.05) is 14.2 Å². The molecule has 1 atom stereocenters. The summed E-state index contributed by atoms with van der Waals surface area (Å²) in [6.07, 6.45) is 2.59. The Morgan fingerprint density at radius 3 is 2.62 bits per heavy atom. The van der Waals surface area contributed by atoms with Gasteiger partial charge in [-0.15, -0.1) is 0 Å². The third-order valence-electron chi connectivity index (χ3n) is 2.70. The summed E-state index contributed by atoms with van der Waals surface area (Å²) in [6, 6.07) is -0.0705. The highest BCUT2D eigenvalue weighted by Crippen LogP contribution is 2.32. The standard InChI is InChI=1S/C9H17NO3/c1-12-7-3-6(4-7)8(10)5-9(11)13-2/h6-8H,3-5,10H2,1-2H3/t6?,7?,8-/m0/s1. The van der Waals surface area contributed by atoms with Gasteiger partial charge in [0, 0.05) is 13.2 Å². The molecule has 0 radical (unpaired) electrons. The molecule has 1 fully saturated rings. The van der Waals surface area contributed by atoms with E-state index >= 15 is 0 Å². The molecular formula is C9H17NO3. The summed E-state index contributed by atoms with van der Waals surface area (Å²) < 4.78 is 9.67. The molecule has 0 amide bonds. The molecule has 1 aliphatic rings. The van der Waals surface area contributed by atoms with Crippen LogP contribution in [-0.2, 0) is 14.3 Å². The number of methoxy groups -OCH3 is 2. The van der Waals surface area contributed by atoms with Gasteiger partial charge in [-0.1, -0.05) is 0 Å². The van der Waals surface area contributed by atoms with Crippen LogP contribution < -0.4 is 5.73 Å². The van der Waals surface area contributed by atoms with Gasteiger partial charge in [0.1, 0.15) is 0 Å². The van der Waals surface area contributed by atoms with Crippen molar-refractivity contribution in [1.82, 2.24) is 0 Å². The number of rotatable bonds is 4. The van der Waals surface area contributed by atoms with E-state index in [1.54, 1.807) is 7.11 Å². The summed E-state index contributed by atoms with van der Waals surface area (Å²) in [5.41, 5.74) is 5.82. The van der Waals surface area contributed by atoms with Gasteiger partial charge in [0.25, 0.3) is 0 Å². The molecule has 0 spiro atoms. The summed E-state index contributed by atoms with van der Waals surface area (Å²) in [7, 11) is 3.08. The third kappa shape index (κ3) is 2.67. The van der Waals surface area contributed by atoms with Gasteiger partial charge in [0.15, 0.2) is 0 Å². The van der Waals surface area contributed by atoms with Gasteiger partial charge in [0.2, 0.25) is 0 Å². The third-order valence-corrected chi connectivity index (χ3v) is 2.70. The molecule has 0 heterocycles. The molecule has 76 valence electrons. The number of hydrogen-bond donors (Lipinski definition) is 1. The van der Waals surface area contributed by atoms with Gasteiger partial charge in [-0.3, -0.25) is 4.79 Å². The number of carbonyl (C=O) groups excluding carboxylic acids is 1. The Morgan fingerprint density at radius 2 is 2.15 bits per heavy atom. The van der Waals surface area contributed by atoms with Gasteiger partial charge < -0.3 is 15.2 Å². The molecule has 1 aliphatic carbocycles. The van der Waals surface area contributed by atoms with Crippen LogP contribution in [0.15, 0.2) is 0 Å². The maximum atomic E-state index is 10.9. The highest BCUT2D eigenvalue weighted by Gasteiger charge is 2.34. The quantitative estimate of drug-likeness (QED) is 0.643. The molecule has 4 nitrogen and oxygen atoms in total. The Hall–Kier alpha value is -0.610. The average Bonchev–Trinajstić information content (AvgIpc) is 2.02. The summed E-state index contributed by atoms with van der Waals surface area (Å²) >= 11 is 0. The Kier molecular flexibility index (Phi) is 3.69. The zero-order valence-electron chi connectivity index (χ0n) is 8.16. The van der Waals surface area contributed by atoms with Crippen molar-refractivity contribution in [2.45, 2.75) is 31.4 Å². The van der Waals surface area contributed by atoms with Gasteiger partial charge in [-0.05, 0) is 18.8 Å². The minimum Gasteiger partial charge on any atom is -0.469 e. The van der Waals surface area contributed by atoms with Crippen LogP contribution in [0.2, 0.25) is 0 Å². The normalized spacial score (nSPS) is 29.2. The predicted octanol–water partition coefficient (Wildman–Crippen LogP) is 0.302. The van der Waals surface area contributed by atoms with Crippen molar-refractivity contribution < 1.29 is 14.3 Å². The molecule has 0 aromatic rings. The lowest BCUT2D eigenvalue weighted by atomic mass is 9.76. The van der Waals surface area contributed by atoms with Gasteiger partial charge >= 0.3 is 5.97 Å². The minimum absolute atomic E-state index is 0.0705. The SMILES string of the molecule is COC(=O)C[C@H](N)C1CC(OC)C1.